The van der Waals surface area contributed by atoms with E-state index in [0.717, 1.165) is 19.6 Å². The Morgan fingerprint density at radius 2 is 1.80 bits per heavy atom. The van der Waals surface area contributed by atoms with E-state index in [1.807, 2.05) is 0 Å². The van der Waals surface area contributed by atoms with Crippen molar-refractivity contribution in [3.8, 4) is 0 Å². The van der Waals surface area contributed by atoms with Crippen LogP contribution in [0.3, 0.4) is 0 Å². The average Bonchev–Trinajstić information content (AvgIpc) is 2.99. The fraction of sp³-hybridized carbons (Fsp3) is 0.591. The molecule has 3 heterocycles. The van der Waals surface area contributed by atoms with Gasteiger partial charge in [-0.15, -0.1) is 0 Å². The molecule has 3 saturated heterocycles. The summed E-state index contributed by atoms with van der Waals surface area (Å²) >= 11 is 0. The van der Waals surface area contributed by atoms with Crippen molar-refractivity contribution in [2.24, 2.45) is 0 Å². The zero-order valence-corrected chi connectivity index (χ0v) is 17.4. The van der Waals surface area contributed by atoms with Gasteiger partial charge in [0.25, 0.3) is 5.91 Å². The molecule has 0 unspecified atom stereocenters. The standard InChI is InChI=1S/C22H29FN4O3/c1-2-25-13-9-22(10-14-25)20(29)27(21(30)24-22)17-7-11-26(12-8-17)19(28)15-16-5-3-4-6-18(16)23/h3-6,17H,2,7-15H2,1H3,(H,24,30). The molecule has 1 N–H and O–H groups in total. The van der Waals surface area contributed by atoms with Crippen LogP contribution in [-0.2, 0) is 16.0 Å². The number of halogens is 1. The molecule has 7 nitrogen and oxygen atoms in total. The smallest absolute Gasteiger partial charge is 0.325 e. The van der Waals surface area contributed by atoms with Crippen LogP contribution in [0.5, 0.6) is 0 Å². The number of imide groups is 1. The highest BCUT2D eigenvalue weighted by Gasteiger charge is 2.54. The Hall–Kier alpha value is -2.48. The first-order valence-electron chi connectivity index (χ1n) is 10.8. The summed E-state index contributed by atoms with van der Waals surface area (Å²) in [6, 6.07) is 5.80. The van der Waals surface area contributed by atoms with Crippen molar-refractivity contribution in [2.75, 3.05) is 32.7 Å². The summed E-state index contributed by atoms with van der Waals surface area (Å²) in [4.78, 5) is 43.8. The summed E-state index contributed by atoms with van der Waals surface area (Å²) in [5, 5.41) is 2.97. The van der Waals surface area contributed by atoms with Crippen LogP contribution in [0.1, 0.15) is 38.2 Å². The molecule has 4 rings (SSSR count). The van der Waals surface area contributed by atoms with Gasteiger partial charge in [-0.25, -0.2) is 9.18 Å². The van der Waals surface area contributed by atoms with Gasteiger partial charge in [-0.1, -0.05) is 25.1 Å². The minimum absolute atomic E-state index is 0.0253. The third kappa shape index (κ3) is 3.80. The van der Waals surface area contributed by atoms with Crippen LogP contribution in [0, 0.1) is 5.82 Å². The van der Waals surface area contributed by atoms with E-state index >= 15 is 0 Å². The lowest BCUT2D eigenvalue weighted by molar-refractivity contribution is -0.136. The molecular formula is C22H29FN4O3. The number of hydrogen-bond donors (Lipinski definition) is 1. The van der Waals surface area contributed by atoms with Gasteiger partial charge in [0.1, 0.15) is 11.4 Å². The molecule has 3 fully saturated rings. The normalized spacial score (nSPS) is 22.6. The molecule has 0 aromatic heterocycles. The molecule has 3 aliphatic rings. The van der Waals surface area contributed by atoms with Crippen molar-refractivity contribution >= 4 is 17.8 Å². The van der Waals surface area contributed by atoms with Crippen molar-refractivity contribution in [3.63, 3.8) is 0 Å². The summed E-state index contributed by atoms with van der Waals surface area (Å²) in [6.45, 7) is 5.58. The molecule has 1 spiro atoms. The van der Waals surface area contributed by atoms with E-state index in [9.17, 15) is 18.8 Å². The minimum atomic E-state index is -0.763. The molecule has 0 bridgehead atoms. The van der Waals surface area contributed by atoms with Crippen molar-refractivity contribution in [1.82, 2.24) is 20.0 Å². The van der Waals surface area contributed by atoms with Gasteiger partial charge < -0.3 is 15.1 Å². The molecule has 1 aromatic rings. The van der Waals surface area contributed by atoms with Crippen LogP contribution in [0.25, 0.3) is 0 Å². The number of nitrogens with zero attached hydrogens (tertiary/aromatic N) is 3. The largest absolute Gasteiger partial charge is 0.342 e. The van der Waals surface area contributed by atoms with E-state index in [2.05, 4.69) is 17.1 Å². The van der Waals surface area contributed by atoms with E-state index in [4.69, 9.17) is 0 Å². The van der Waals surface area contributed by atoms with Crippen molar-refractivity contribution in [3.05, 3.63) is 35.6 Å². The Morgan fingerprint density at radius 1 is 1.13 bits per heavy atom. The lowest BCUT2D eigenvalue weighted by Gasteiger charge is -2.38. The van der Waals surface area contributed by atoms with Gasteiger partial charge in [-0.2, -0.15) is 0 Å². The second kappa shape index (κ2) is 8.34. The number of rotatable bonds is 4. The van der Waals surface area contributed by atoms with Crippen LogP contribution in [0.15, 0.2) is 24.3 Å². The van der Waals surface area contributed by atoms with Crippen LogP contribution in [0.2, 0.25) is 0 Å². The molecular weight excluding hydrogens is 387 g/mol. The topological polar surface area (TPSA) is 73.0 Å². The first-order valence-corrected chi connectivity index (χ1v) is 10.8. The number of benzene rings is 1. The molecule has 0 saturated carbocycles. The Morgan fingerprint density at radius 3 is 2.43 bits per heavy atom. The molecule has 3 aliphatic heterocycles. The maximum Gasteiger partial charge on any atom is 0.325 e. The number of carbonyl (C=O) groups excluding carboxylic acids is 3. The number of amides is 4. The molecule has 162 valence electrons. The van der Waals surface area contributed by atoms with Crippen LogP contribution >= 0.6 is 0 Å². The van der Waals surface area contributed by atoms with Crippen molar-refractivity contribution < 1.29 is 18.8 Å². The Kier molecular flexibility index (Phi) is 5.77. The zero-order chi connectivity index (χ0) is 21.3. The van der Waals surface area contributed by atoms with Crippen LogP contribution < -0.4 is 5.32 Å². The number of nitrogens with one attached hydrogen (secondary N) is 1. The fourth-order valence-corrected chi connectivity index (χ4v) is 4.85. The van der Waals surface area contributed by atoms with Crippen LogP contribution in [-0.4, -0.2) is 76.8 Å². The number of hydrogen-bond acceptors (Lipinski definition) is 4. The van der Waals surface area contributed by atoms with E-state index in [1.54, 1.807) is 23.1 Å². The second-order valence-corrected chi connectivity index (χ2v) is 8.50. The molecule has 0 radical (unpaired) electrons. The quantitative estimate of drug-likeness (QED) is 0.760. The number of piperidine rings is 2. The van der Waals surface area contributed by atoms with E-state index < -0.39 is 5.54 Å². The SMILES string of the molecule is CCN1CCC2(CC1)NC(=O)N(C1CCN(C(=O)Cc3ccccc3F)CC1)C2=O. The summed E-state index contributed by atoms with van der Waals surface area (Å²) in [5.41, 5.74) is -0.375. The molecule has 4 amide bonds. The summed E-state index contributed by atoms with van der Waals surface area (Å²) in [7, 11) is 0. The number of likely N-dealkylation sites (tertiary alicyclic amines) is 2. The Bertz CT molecular complexity index is 829. The summed E-state index contributed by atoms with van der Waals surface area (Å²) in [5.74, 6) is -0.613. The molecule has 1 aromatic carbocycles. The maximum atomic E-state index is 13.8. The highest BCUT2D eigenvalue weighted by Crippen LogP contribution is 2.32. The zero-order valence-electron chi connectivity index (χ0n) is 17.4. The van der Waals surface area contributed by atoms with Gasteiger partial charge in [0.2, 0.25) is 5.91 Å². The highest BCUT2D eigenvalue weighted by atomic mass is 19.1. The molecule has 8 heteroatoms. The average molecular weight is 416 g/mol. The monoisotopic (exact) mass is 416 g/mol. The molecule has 0 aliphatic carbocycles. The van der Waals surface area contributed by atoms with Crippen molar-refractivity contribution in [1.29, 1.82) is 0 Å². The number of carbonyl (C=O) groups is 3. The van der Waals surface area contributed by atoms with E-state index in [1.165, 1.54) is 11.0 Å². The lowest BCUT2D eigenvalue weighted by atomic mass is 9.87. The predicted molar refractivity (Wildman–Crippen MR) is 109 cm³/mol. The van der Waals surface area contributed by atoms with Gasteiger partial charge in [-0.3, -0.25) is 14.5 Å². The number of urea groups is 1. The van der Waals surface area contributed by atoms with Gasteiger partial charge in [-0.05, 0) is 43.9 Å². The Balaban J connectivity index is 1.35. The Labute approximate surface area is 176 Å². The maximum absolute atomic E-state index is 13.8. The van der Waals surface area contributed by atoms with Gasteiger partial charge in [0.05, 0.1) is 6.42 Å². The summed E-state index contributed by atoms with van der Waals surface area (Å²) in [6.07, 6.45) is 2.42. The molecule has 30 heavy (non-hydrogen) atoms. The predicted octanol–water partition coefficient (Wildman–Crippen LogP) is 1.77. The van der Waals surface area contributed by atoms with Crippen molar-refractivity contribution in [2.45, 2.75) is 50.6 Å². The van der Waals surface area contributed by atoms with E-state index in [0.29, 0.717) is 44.3 Å². The van der Waals surface area contributed by atoms with Gasteiger partial charge >= 0.3 is 6.03 Å². The first-order chi connectivity index (χ1) is 14.4. The van der Waals surface area contributed by atoms with E-state index in [-0.39, 0.29) is 36.1 Å². The second-order valence-electron chi connectivity index (χ2n) is 8.50. The summed E-state index contributed by atoms with van der Waals surface area (Å²) < 4.78 is 13.8. The highest BCUT2D eigenvalue weighted by molar-refractivity contribution is 6.07. The molecule has 0 atom stereocenters. The van der Waals surface area contributed by atoms with Gasteiger partial charge in [0, 0.05) is 32.2 Å². The third-order valence-corrected chi connectivity index (χ3v) is 6.83. The fourth-order valence-electron chi connectivity index (χ4n) is 4.85. The third-order valence-electron chi connectivity index (χ3n) is 6.83. The lowest BCUT2D eigenvalue weighted by Crippen LogP contribution is -2.55. The minimum Gasteiger partial charge on any atom is -0.342 e. The first kappa shape index (κ1) is 20.8. The van der Waals surface area contributed by atoms with Crippen LogP contribution in [0.4, 0.5) is 9.18 Å². The van der Waals surface area contributed by atoms with Gasteiger partial charge in [0.15, 0.2) is 0 Å².